The Labute approximate surface area is 130 Å². The Morgan fingerprint density at radius 2 is 2.24 bits per heavy atom. The molecule has 0 saturated heterocycles. The number of hydrogen-bond acceptors (Lipinski definition) is 5. The molecule has 0 aliphatic carbocycles. The molecule has 7 heteroatoms. The van der Waals surface area contributed by atoms with Crippen molar-refractivity contribution < 1.29 is 0 Å². The average molecular weight is 311 g/mol. The van der Waals surface area contributed by atoms with E-state index >= 15 is 0 Å². The van der Waals surface area contributed by atoms with Crippen molar-refractivity contribution in [3.05, 3.63) is 10.5 Å². The highest BCUT2D eigenvalue weighted by Crippen LogP contribution is 2.21. The third-order valence-corrected chi connectivity index (χ3v) is 4.61. The molecule has 6 nitrogen and oxygen atoms in total. The van der Waals surface area contributed by atoms with Gasteiger partial charge in [-0.05, 0) is 39.2 Å². The molecule has 2 N–H and O–H groups in total. The second-order valence-corrected chi connectivity index (χ2v) is 6.04. The van der Waals surface area contributed by atoms with Crippen LogP contribution in [0.25, 0.3) is 0 Å². The first-order valence-corrected chi connectivity index (χ1v) is 8.55. The molecule has 1 rings (SSSR count). The van der Waals surface area contributed by atoms with Crippen molar-refractivity contribution in [1.29, 1.82) is 5.26 Å². The van der Waals surface area contributed by atoms with Gasteiger partial charge in [0.05, 0.1) is 6.07 Å². The molecule has 1 heterocycles. The zero-order chi connectivity index (χ0) is 15.7. The first kappa shape index (κ1) is 17.8. The molecule has 0 radical (unpaired) electrons. The van der Waals surface area contributed by atoms with Gasteiger partial charge in [-0.25, -0.2) is 9.89 Å². The minimum absolute atomic E-state index is 0.162. The Hall–Kier alpha value is -1.26. The summed E-state index contributed by atoms with van der Waals surface area (Å²) in [4.78, 5) is 11.5. The Balaban J connectivity index is 2.48. The Morgan fingerprint density at radius 1 is 1.48 bits per heavy atom. The molecule has 0 amide bonds. The van der Waals surface area contributed by atoms with Crippen LogP contribution in [0.4, 0.5) is 0 Å². The minimum Gasteiger partial charge on any atom is -0.299 e. The van der Waals surface area contributed by atoms with Crippen LogP contribution < -0.4 is 11.0 Å². The maximum absolute atomic E-state index is 11.5. The van der Waals surface area contributed by atoms with Crippen molar-refractivity contribution in [2.24, 2.45) is 0 Å². The monoisotopic (exact) mass is 311 g/mol. The van der Waals surface area contributed by atoms with Crippen LogP contribution in [0, 0.1) is 11.3 Å². The zero-order valence-corrected chi connectivity index (χ0v) is 13.9. The number of nitrogens with one attached hydrogen (secondary N) is 2. The number of H-pyrrole nitrogens is 1. The molecule has 1 atom stereocenters. The molecule has 0 saturated carbocycles. The molecule has 0 aliphatic rings. The molecule has 0 aliphatic heterocycles. The van der Waals surface area contributed by atoms with Gasteiger partial charge in [-0.2, -0.15) is 5.26 Å². The number of nitriles is 1. The zero-order valence-electron chi connectivity index (χ0n) is 13.1. The summed E-state index contributed by atoms with van der Waals surface area (Å²) in [5.74, 6) is 0.849. The molecule has 0 aromatic carbocycles. The number of hydrogen-bond donors (Lipinski definition) is 2. The van der Waals surface area contributed by atoms with Crippen molar-refractivity contribution >= 4 is 11.8 Å². The number of nitrogens with zero attached hydrogens (tertiary/aromatic N) is 3. The molecular weight excluding hydrogens is 286 g/mol. The largest absolute Gasteiger partial charge is 0.343 e. The van der Waals surface area contributed by atoms with Gasteiger partial charge in [0.15, 0.2) is 5.16 Å². The summed E-state index contributed by atoms with van der Waals surface area (Å²) in [6, 6.07) is 2.43. The minimum atomic E-state index is -0.424. The van der Waals surface area contributed by atoms with E-state index in [1.165, 1.54) is 0 Å². The van der Waals surface area contributed by atoms with Gasteiger partial charge in [0, 0.05) is 12.3 Å². The van der Waals surface area contributed by atoms with Gasteiger partial charge < -0.3 is 0 Å². The summed E-state index contributed by atoms with van der Waals surface area (Å²) in [5, 5.41) is 20.0. The quantitative estimate of drug-likeness (QED) is 0.510. The van der Waals surface area contributed by atoms with E-state index in [0.29, 0.717) is 6.54 Å². The molecule has 118 valence electrons. The maximum Gasteiger partial charge on any atom is 0.343 e. The Morgan fingerprint density at radius 3 is 2.81 bits per heavy atom. The maximum atomic E-state index is 11.5. The van der Waals surface area contributed by atoms with Crippen LogP contribution in [0.1, 0.15) is 46.5 Å². The van der Waals surface area contributed by atoms with Crippen LogP contribution in [0.15, 0.2) is 9.95 Å². The van der Waals surface area contributed by atoms with Gasteiger partial charge in [0.25, 0.3) is 0 Å². The first-order valence-electron chi connectivity index (χ1n) is 7.56. The lowest BCUT2D eigenvalue weighted by molar-refractivity contribution is 0.371. The molecule has 1 aromatic heterocycles. The lowest BCUT2D eigenvalue weighted by Gasteiger charge is -2.26. The van der Waals surface area contributed by atoms with E-state index in [4.69, 9.17) is 0 Å². The standard InChI is InChI=1S/C14H25N5OS/c1-4-9-16-14(5-2,11-15)8-7-10-21-13-18-17-12(20)19(13)6-3/h16H,4-10H2,1-3H3,(H,17,20). The Bertz CT molecular complexity index is 518. The molecule has 1 aromatic rings. The summed E-state index contributed by atoms with van der Waals surface area (Å²) in [6.07, 6.45) is 3.55. The third kappa shape index (κ3) is 4.90. The summed E-state index contributed by atoms with van der Waals surface area (Å²) >= 11 is 1.56. The van der Waals surface area contributed by atoms with Crippen LogP contribution in [0.5, 0.6) is 0 Å². The predicted molar refractivity (Wildman–Crippen MR) is 85.4 cm³/mol. The van der Waals surface area contributed by atoms with E-state index in [1.54, 1.807) is 16.3 Å². The van der Waals surface area contributed by atoms with Gasteiger partial charge in [-0.15, -0.1) is 5.10 Å². The number of aromatic amines is 1. The smallest absolute Gasteiger partial charge is 0.299 e. The van der Waals surface area contributed by atoms with Gasteiger partial charge in [-0.3, -0.25) is 9.88 Å². The van der Waals surface area contributed by atoms with Gasteiger partial charge in [0.2, 0.25) is 0 Å². The van der Waals surface area contributed by atoms with Crippen LogP contribution in [-0.4, -0.2) is 32.6 Å². The summed E-state index contributed by atoms with van der Waals surface area (Å²) in [7, 11) is 0. The number of thioether (sulfide) groups is 1. The normalized spacial score (nSPS) is 13.8. The van der Waals surface area contributed by atoms with Crippen LogP contribution in [0.2, 0.25) is 0 Å². The second kappa shape index (κ2) is 8.90. The van der Waals surface area contributed by atoms with Gasteiger partial charge in [0.1, 0.15) is 5.54 Å². The first-order chi connectivity index (χ1) is 10.1. The van der Waals surface area contributed by atoms with Crippen molar-refractivity contribution in [2.45, 2.75) is 63.7 Å². The molecule has 0 bridgehead atoms. The molecule has 21 heavy (non-hydrogen) atoms. The van der Waals surface area contributed by atoms with Crippen molar-refractivity contribution in [2.75, 3.05) is 12.3 Å². The van der Waals surface area contributed by atoms with E-state index in [-0.39, 0.29) is 5.69 Å². The summed E-state index contributed by atoms with van der Waals surface area (Å²) in [6.45, 7) is 7.55. The SMILES string of the molecule is CCCNC(C#N)(CC)CCCSc1n[nH]c(=O)n1CC. The second-order valence-electron chi connectivity index (χ2n) is 4.98. The predicted octanol–water partition coefficient (Wildman–Crippen LogP) is 2.14. The number of aromatic nitrogens is 3. The van der Waals surface area contributed by atoms with Gasteiger partial charge in [-0.1, -0.05) is 25.6 Å². The molecule has 1 unspecified atom stereocenters. The van der Waals surface area contributed by atoms with Crippen LogP contribution in [0.3, 0.4) is 0 Å². The lowest BCUT2D eigenvalue weighted by Crippen LogP contribution is -2.43. The van der Waals surface area contributed by atoms with E-state index in [1.807, 2.05) is 13.8 Å². The van der Waals surface area contributed by atoms with Crippen molar-refractivity contribution in [3.63, 3.8) is 0 Å². The van der Waals surface area contributed by atoms with E-state index in [0.717, 1.165) is 43.1 Å². The lowest BCUT2D eigenvalue weighted by atomic mass is 9.92. The summed E-state index contributed by atoms with van der Waals surface area (Å²) in [5.41, 5.74) is -0.587. The number of rotatable bonds is 10. The van der Waals surface area contributed by atoms with E-state index < -0.39 is 5.54 Å². The van der Waals surface area contributed by atoms with E-state index in [9.17, 15) is 10.1 Å². The topological polar surface area (TPSA) is 86.5 Å². The molecular formula is C14H25N5OS. The third-order valence-electron chi connectivity index (χ3n) is 3.55. The van der Waals surface area contributed by atoms with Crippen LogP contribution in [-0.2, 0) is 6.54 Å². The van der Waals surface area contributed by atoms with Crippen LogP contribution >= 0.6 is 11.8 Å². The van der Waals surface area contributed by atoms with Crippen molar-refractivity contribution in [1.82, 2.24) is 20.1 Å². The van der Waals surface area contributed by atoms with Gasteiger partial charge >= 0.3 is 5.69 Å². The highest BCUT2D eigenvalue weighted by molar-refractivity contribution is 7.99. The average Bonchev–Trinajstić information content (AvgIpc) is 2.87. The highest BCUT2D eigenvalue weighted by atomic mass is 32.2. The fourth-order valence-electron chi connectivity index (χ4n) is 2.16. The van der Waals surface area contributed by atoms with Crippen molar-refractivity contribution in [3.8, 4) is 6.07 Å². The fraction of sp³-hybridized carbons (Fsp3) is 0.786. The highest BCUT2D eigenvalue weighted by Gasteiger charge is 2.26. The van der Waals surface area contributed by atoms with E-state index in [2.05, 4.69) is 28.5 Å². The Kier molecular flexibility index (Phi) is 7.54. The molecule has 0 spiro atoms. The molecule has 0 fully saturated rings. The fourth-order valence-corrected chi connectivity index (χ4v) is 3.11. The summed E-state index contributed by atoms with van der Waals surface area (Å²) < 4.78 is 1.62.